The van der Waals surface area contributed by atoms with E-state index >= 15 is 0 Å². The normalized spacial score (nSPS) is 12.2. The smallest absolute Gasteiger partial charge is 0.164 e. The highest BCUT2D eigenvalue weighted by Crippen LogP contribution is 2.34. The summed E-state index contributed by atoms with van der Waals surface area (Å²) in [7, 11) is 0. The van der Waals surface area contributed by atoms with Crippen LogP contribution in [0.15, 0.2) is 140 Å². The maximum atomic E-state index is 5.15. The number of pyridine rings is 1. The highest BCUT2D eigenvalue weighted by molar-refractivity contribution is 5.81. The second-order valence-corrected chi connectivity index (χ2v) is 10.8. The predicted molar refractivity (Wildman–Crippen MR) is 187 cm³/mol. The molecule has 4 aromatic carbocycles. The molecule has 220 valence electrons. The Kier molecular flexibility index (Phi) is 9.12. The first kappa shape index (κ1) is 29.6. The molecule has 0 N–H and O–H groups in total. The number of hydrogen-bond donors (Lipinski definition) is 0. The maximum absolute atomic E-state index is 5.15. The zero-order valence-electron chi connectivity index (χ0n) is 26.0. The molecule has 7 rings (SSSR count). The molecule has 0 bridgehead atoms. The molecule has 0 radical (unpaired) electrons. The van der Waals surface area contributed by atoms with Crippen LogP contribution in [-0.4, -0.2) is 19.9 Å². The van der Waals surface area contributed by atoms with Gasteiger partial charge in [0.15, 0.2) is 17.5 Å². The summed E-state index contributed by atoms with van der Waals surface area (Å²) >= 11 is 0. The van der Waals surface area contributed by atoms with E-state index in [0.29, 0.717) is 17.5 Å². The molecule has 0 saturated heterocycles. The minimum atomic E-state index is 0.623. The number of aryl methyl sites for hydroxylation is 1. The second-order valence-electron chi connectivity index (χ2n) is 10.8. The predicted octanol–water partition coefficient (Wildman–Crippen LogP) is 10.7. The molecule has 0 fully saturated rings. The third kappa shape index (κ3) is 6.86. The first-order valence-corrected chi connectivity index (χ1v) is 15.6. The van der Waals surface area contributed by atoms with E-state index in [2.05, 4.69) is 79.7 Å². The topological polar surface area (TPSA) is 51.6 Å². The van der Waals surface area contributed by atoms with Gasteiger partial charge in [-0.1, -0.05) is 123 Å². The molecule has 1 aliphatic carbocycles. The van der Waals surface area contributed by atoms with Crippen molar-refractivity contribution >= 4 is 5.57 Å². The molecule has 4 nitrogen and oxygen atoms in total. The zero-order valence-corrected chi connectivity index (χ0v) is 26.0. The van der Waals surface area contributed by atoms with Crippen LogP contribution in [0.1, 0.15) is 37.9 Å². The molecule has 0 amide bonds. The molecule has 0 aliphatic heterocycles. The van der Waals surface area contributed by atoms with Crippen LogP contribution in [0.3, 0.4) is 0 Å². The molecule has 0 atom stereocenters. The summed E-state index contributed by atoms with van der Waals surface area (Å²) in [5.74, 6) is 1.91. The van der Waals surface area contributed by atoms with E-state index in [1.54, 1.807) is 0 Å². The number of aromatic nitrogens is 4. The van der Waals surface area contributed by atoms with E-state index in [4.69, 9.17) is 19.9 Å². The number of hydrogen-bond acceptors (Lipinski definition) is 4. The lowest BCUT2D eigenvalue weighted by atomic mass is 9.96. The molecule has 0 saturated carbocycles. The Labute approximate surface area is 266 Å². The molecule has 2 aromatic heterocycles. The van der Waals surface area contributed by atoms with Crippen LogP contribution in [0, 0.1) is 6.92 Å². The summed E-state index contributed by atoms with van der Waals surface area (Å²) in [5, 5.41) is 0. The van der Waals surface area contributed by atoms with Gasteiger partial charge in [-0.2, -0.15) is 0 Å². The average Bonchev–Trinajstić information content (AvgIpc) is 3.13. The lowest BCUT2D eigenvalue weighted by Crippen LogP contribution is -2.01. The van der Waals surface area contributed by atoms with Crippen LogP contribution in [0.25, 0.3) is 62.1 Å². The minimum absolute atomic E-state index is 0.623. The lowest BCUT2D eigenvalue weighted by molar-refractivity contribution is 1.04. The monoisotopic (exact) mass is 584 g/mol. The third-order valence-electron chi connectivity index (χ3n) is 7.55. The van der Waals surface area contributed by atoms with Crippen molar-refractivity contribution in [2.45, 2.75) is 33.6 Å². The Hall–Kier alpha value is -5.48. The molecule has 4 heteroatoms. The Bertz CT molecular complexity index is 1900. The van der Waals surface area contributed by atoms with Crippen molar-refractivity contribution in [2.24, 2.45) is 0 Å². The molecule has 0 spiro atoms. The van der Waals surface area contributed by atoms with Gasteiger partial charge in [0.1, 0.15) is 0 Å². The maximum Gasteiger partial charge on any atom is 0.164 e. The Morgan fingerprint density at radius 3 is 1.49 bits per heavy atom. The van der Waals surface area contributed by atoms with Crippen molar-refractivity contribution in [2.75, 3.05) is 0 Å². The van der Waals surface area contributed by atoms with Crippen LogP contribution in [0.5, 0.6) is 0 Å². The minimum Gasteiger partial charge on any atom is -0.248 e. The first-order chi connectivity index (χ1) is 22.2. The summed E-state index contributed by atoms with van der Waals surface area (Å²) in [5.41, 5.74) is 10.3. The van der Waals surface area contributed by atoms with Crippen molar-refractivity contribution in [1.82, 2.24) is 19.9 Å². The summed E-state index contributed by atoms with van der Waals surface area (Å²) in [6.07, 6.45) is 8.80. The van der Waals surface area contributed by atoms with Gasteiger partial charge in [-0.3, -0.25) is 0 Å². The number of benzene rings is 4. The molecule has 0 unspecified atom stereocenters. The number of rotatable bonds is 6. The van der Waals surface area contributed by atoms with Gasteiger partial charge in [-0.05, 0) is 72.4 Å². The van der Waals surface area contributed by atoms with Gasteiger partial charge >= 0.3 is 0 Å². The fraction of sp³-hybridized carbons (Fsp3) is 0.122. The van der Waals surface area contributed by atoms with Gasteiger partial charge in [0.2, 0.25) is 0 Å². The van der Waals surface area contributed by atoms with E-state index < -0.39 is 0 Å². The first-order valence-electron chi connectivity index (χ1n) is 15.6. The van der Waals surface area contributed by atoms with Crippen LogP contribution in [-0.2, 0) is 0 Å². The quantitative estimate of drug-likeness (QED) is 0.195. The van der Waals surface area contributed by atoms with E-state index in [1.165, 1.54) is 11.1 Å². The van der Waals surface area contributed by atoms with Gasteiger partial charge < -0.3 is 0 Å². The van der Waals surface area contributed by atoms with Crippen LogP contribution < -0.4 is 0 Å². The van der Waals surface area contributed by atoms with Crippen molar-refractivity contribution in [3.63, 3.8) is 0 Å². The molecule has 2 heterocycles. The molecule has 6 aromatic rings. The Morgan fingerprint density at radius 2 is 0.933 bits per heavy atom. The molecule has 1 aliphatic rings. The van der Waals surface area contributed by atoms with Crippen LogP contribution >= 0.6 is 0 Å². The fourth-order valence-electron chi connectivity index (χ4n) is 5.41. The van der Waals surface area contributed by atoms with E-state index in [9.17, 15) is 0 Å². The largest absolute Gasteiger partial charge is 0.248 e. The summed E-state index contributed by atoms with van der Waals surface area (Å²) in [6, 6.07) is 41.5. The van der Waals surface area contributed by atoms with Crippen molar-refractivity contribution in [1.29, 1.82) is 0 Å². The Balaban J connectivity index is 0.00000175. The summed E-state index contributed by atoms with van der Waals surface area (Å²) < 4.78 is 0. The number of allylic oxidation sites excluding steroid dienone is 4. The standard InChI is InChI=1S/C39H30N4.C2H6/c1-27-22-35(29-16-8-3-9-17-29)40-36(23-27)33-24-32(28-14-6-2-7-15-28)25-34(26-33)39-42-37(30-18-10-4-11-19-30)41-38(43-39)31-20-12-5-13-21-31;1-2/h2,4-8,10-26H,3,9H2,1H3;1-2H3. The van der Waals surface area contributed by atoms with E-state index in [0.717, 1.165) is 57.6 Å². The number of nitrogens with zero attached hydrogens (tertiary/aromatic N) is 4. The van der Waals surface area contributed by atoms with Crippen molar-refractivity contribution in [3.8, 4) is 56.5 Å². The third-order valence-corrected chi connectivity index (χ3v) is 7.55. The average molecular weight is 585 g/mol. The molecular formula is C41H36N4. The van der Waals surface area contributed by atoms with E-state index in [1.807, 2.05) is 80.6 Å². The highest BCUT2D eigenvalue weighted by atomic mass is 15.0. The molecule has 45 heavy (non-hydrogen) atoms. The lowest BCUT2D eigenvalue weighted by Gasteiger charge is -2.14. The van der Waals surface area contributed by atoms with Crippen LogP contribution in [0.4, 0.5) is 0 Å². The summed E-state index contributed by atoms with van der Waals surface area (Å²) in [4.78, 5) is 20.1. The van der Waals surface area contributed by atoms with Gasteiger partial charge in [-0.15, -0.1) is 0 Å². The second kappa shape index (κ2) is 13.9. The Morgan fingerprint density at radius 1 is 0.444 bits per heavy atom. The van der Waals surface area contributed by atoms with Gasteiger partial charge in [0.05, 0.1) is 11.4 Å². The highest BCUT2D eigenvalue weighted by Gasteiger charge is 2.16. The zero-order chi connectivity index (χ0) is 31.0. The van der Waals surface area contributed by atoms with Crippen molar-refractivity contribution in [3.05, 3.63) is 151 Å². The van der Waals surface area contributed by atoms with Crippen molar-refractivity contribution < 1.29 is 0 Å². The van der Waals surface area contributed by atoms with Gasteiger partial charge in [-0.25, -0.2) is 19.9 Å². The van der Waals surface area contributed by atoms with Crippen LogP contribution in [0.2, 0.25) is 0 Å². The SMILES string of the molecule is CC.Cc1cc(C2=CCCC=C2)nc(-c2cc(-c3ccccc3)cc(-c3nc(-c4ccccc4)nc(-c4ccccc4)n3)c2)c1. The van der Waals surface area contributed by atoms with E-state index in [-0.39, 0.29) is 0 Å². The fourth-order valence-corrected chi connectivity index (χ4v) is 5.41. The molecular weight excluding hydrogens is 548 g/mol. The summed E-state index contributed by atoms with van der Waals surface area (Å²) in [6.45, 7) is 6.13. The van der Waals surface area contributed by atoms with Gasteiger partial charge in [0.25, 0.3) is 0 Å². The van der Waals surface area contributed by atoms with Gasteiger partial charge in [0, 0.05) is 22.3 Å².